The highest BCUT2D eigenvalue weighted by Gasteiger charge is 1.97. The third kappa shape index (κ3) is 4.51. The second-order valence-electron chi connectivity index (χ2n) is 4.09. The van der Waals surface area contributed by atoms with E-state index < -0.39 is 0 Å². The normalized spacial score (nSPS) is 10.3. The highest BCUT2D eigenvalue weighted by atomic mass is 16.1. The largest absolute Gasteiger partial charge is 0.365 e. The van der Waals surface area contributed by atoms with E-state index in [2.05, 4.69) is 25.6 Å². The summed E-state index contributed by atoms with van der Waals surface area (Å²) in [6, 6.07) is 3.96. The van der Waals surface area contributed by atoms with Gasteiger partial charge in [0, 0.05) is 37.9 Å². The second kappa shape index (κ2) is 7.27. The van der Waals surface area contributed by atoms with Crippen molar-refractivity contribution in [2.45, 2.75) is 13.0 Å². The quantitative estimate of drug-likeness (QED) is 0.639. The molecule has 2 aromatic rings. The molecule has 0 aliphatic heterocycles. The van der Waals surface area contributed by atoms with Gasteiger partial charge in [-0.2, -0.15) is 0 Å². The number of nitrogens with one attached hydrogen (secondary N) is 3. The lowest BCUT2D eigenvalue weighted by atomic mass is 10.3. The number of hydrogen-bond acceptors (Lipinski definition) is 5. The fourth-order valence-corrected chi connectivity index (χ4v) is 1.63. The molecule has 0 bridgehead atoms. The molecule has 19 heavy (non-hydrogen) atoms. The van der Waals surface area contributed by atoms with Crippen LogP contribution in [0.15, 0.2) is 41.7 Å². The molecule has 0 amide bonds. The predicted molar refractivity (Wildman–Crippen MR) is 73.9 cm³/mol. The molecule has 0 aliphatic rings. The molecule has 6 nitrogen and oxygen atoms in total. The van der Waals surface area contributed by atoms with Crippen LogP contribution >= 0.6 is 0 Å². The van der Waals surface area contributed by atoms with Gasteiger partial charge in [-0.25, -0.2) is 4.98 Å². The van der Waals surface area contributed by atoms with E-state index in [0.29, 0.717) is 12.4 Å². The Bertz CT molecular complexity index is 540. The van der Waals surface area contributed by atoms with Crippen LogP contribution in [0.1, 0.15) is 12.0 Å². The first-order chi connectivity index (χ1) is 9.36. The zero-order valence-electron chi connectivity index (χ0n) is 10.6. The molecule has 0 atom stereocenters. The van der Waals surface area contributed by atoms with Gasteiger partial charge in [0.2, 0.25) is 0 Å². The minimum atomic E-state index is -0.189. The standard InChI is InChI=1S/C13H17N5O/c19-13-12(17-7-8-18-13)16-6-2-5-15-10-11-3-1-4-14-9-11/h1,3-4,7-9,15H,2,5-6,10H2,(H,16,17)(H,18,19). The van der Waals surface area contributed by atoms with E-state index in [1.54, 1.807) is 12.4 Å². The lowest BCUT2D eigenvalue weighted by molar-refractivity contribution is 0.661. The Morgan fingerprint density at radius 3 is 3.00 bits per heavy atom. The fraction of sp³-hybridized carbons (Fsp3) is 0.308. The maximum Gasteiger partial charge on any atom is 0.290 e. The maximum atomic E-state index is 11.3. The highest BCUT2D eigenvalue weighted by molar-refractivity contribution is 5.29. The van der Waals surface area contributed by atoms with Gasteiger partial charge >= 0.3 is 0 Å². The lowest BCUT2D eigenvalue weighted by Crippen LogP contribution is -2.20. The summed E-state index contributed by atoms with van der Waals surface area (Å²) >= 11 is 0. The van der Waals surface area contributed by atoms with Crippen molar-refractivity contribution >= 4 is 5.82 Å². The van der Waals surface area contributed by atoms with Gasteiger partial charge in [-0.05, 0) is 24.6 Å². The van der Waals surface area contributed by atoms with E-state index in [-0.39, 0.29) is 5.56 Å². The number of nitrogens with zero attached hydrogens (tertiary/aromatic N) is 2. The molecule has 0 saturated carbocycles. The third-order valence-electron chi connectivity index (χ3n) is 2.58. The summed E-state index contributed by atoms with van der Waals surface area (Å²) < 4.78 is 0. The summed E-state index contributed by atoms with van der Waals surface area (Å²) in [6.45, 7) is 2.38. The van der Waals surface area contributed by atoms with E-state index in [9.17, 15) is 4.79 Å². The molecule has 0 spiro atoms. The van der Waals surface area contributed by atoms with Crippen molar-refractivity contribution in [1.82, 2.24) is 20.3 Å². The van der Waals surface area contributed by atoms with Crippen LogP contribution in [0.2, 0.25) is 0 Å². The molecule has 2 aromatic heterocycles. The van der Waals surface area contributed by atoms with E-state index in [0.717, 1.165) is 25.1 Å². The molecular formula is C13H17N5O. The number of pyridine rings is 1. The number of H-pyrrole nitrogens is 1. The summed E-state index contributed by atoms with van der Waals surface area (Å²) in [5.74, 6) is 0.370. The van der Waals surface area contributed by atoms with Gasteiger partial charge in [-0.1, -0.05) is 6.07 Å². The van der Waals surface area contributed by atoms with Crippen LogP contribution in [0.5, 0.6) is 0 Å². The molecular weight excluding hydrogens is 242 g/mol. The van der Waals surface area contributed by atoms with Gasteiger partial charge in [0.15, 0.2) is 5.82 Å². The summed E-state index contributed by atoms with van der Waals surface area (Å²) in [6.07, 6.45) is 7.60. The maximum absolute atomic E-state index is 11.3. The van der Waals surface area contributed by atoms with E-state index in [1.807, 2.05) is 18.3 Å². The van der Waals surface area contributed by atoms with E-state index in [4.69, 9.17) is 0 Å². The molecule has 0 fully saturated rings. The zero-order valence-corrected chi connectivity index (χ0v) is 10.6. The minimum absolute atomic E-state index is 0.189. The third-order valence-corrected chi connectivity index (χ3v) is 2.58. The number of aromatic nitrogens is 3. The Hall–Kier alpha value is -2.21. The Morgan fingerprint density at radius 2 is 2.21 bits per heavy atom. The topological polar surface area (TPSA) is 82.7 Å². The van der Waals surface area contributed by atoms with Crippen LogP contribution < -0.4 is 16.2 Å². The van der Waals surface area contributed by atoms with Crippen molar-refractivity contribution in [2.24, 2.45) is 0 Å². The number of hydrogen-bond donors (Lipinski definition) is 3. The van der Waals surface area contributed by atoms with Crippen molar-refractivity contribution in [3.63, 3.8) is 0 Å². The van der Waals surface area contributed by atoms with Crippen molar-refractivity contribution in [2.75, 3.05) is 18.4 Å². The Balaban J connectivity index is 1.60. The first-order valence-corrected chi connectivity index (χ1v) is 6.23. The van der Waals surface area contributed by atoms with Crippen LogP contribution in [0.25, 0.3) is 0 Å². The second-order valence-corrected chi connectivity index (χ2v) is 4.09. The van der Waals surface area contributed by atoms with Crippen molar-refractivity contribution in [3.8, 4) is 0 Å². The number of rotatable bonds is 7. The Morgan fingerprint density at radius 1 is 1.26 bits per heavy atom. The fourth-order valence-electron chi connectivity index (χ4n) is 1.63. The molecule has 100 valence electrons. The Labute approximate surface area is 111 Å². The van der Waals surface area contributed by atoms with Gasteiger partial charge in [-0.15, -0.1) is 0 Å². The number of anilines is 1. The molecule has 2 rings (SSSR count). The van der Waals surface area contributed by atoms with Crippen LogP contribution in [-0.2, 0) is 6.54 Å². The molecule has 2 heterocycles. The van der Waals surface area contributed by atoms with Crippen LogP contribution in [0.3, 0.4) is 0 Å². The summed E-state index contributed by atoms with van der Waals surface area (Å²) in [4.78, 5) is 21.9. The first kappa shape index (κ1) is 13.2. The van der Waals surface area contributed by atoms with Gasteiger partial charge in [-0.3, -0.25) is 9.78 Å². The minimum Gasteiger partial charge on any atom is -0.365 e. The summed E-state index contributed by atoms with van der Waals surface area (Å²) in [7, 11) is 0. The smallest absolute Gasteiger partial charge is 0.290 e. The van der Waals surface area contributed by atoms with Crippen LogP contribution in [0, 0.1) is 0 Å². The average Bonchev–Trinajstić information content (AvgIpc) is 2.45. The van der Waals surface area contributed by atoms with Crippen molar-refractivity contribution in [1.29, 1.82) is 0 Å². The van der Waals surface area contributed by atoms with E-state index in [1.165, 1.54) is 6.20 Å². The molecule has 3 N–H and O–H groups in total. The summed E-state index contributed by atoms with van der Waals surface area (Å²) in [5, 5.41) is 6.32. The monoisotopic (exact) mass is 259 g/mol. The zero-order chi connectivity index (χ0) is 13.3. The average molecular weight is 259 g/mol. The highest BCUT2D eigenvalue weighted by Crippen LogP contribution is 1.94. The molecule has 0 aliphatic carbocycles. The molecule has 6 heteroatoms. The SMILES string of the molecule is O=c1[nH]ccnc1NCCCNCc1cccnc1. The predicted octanol–water partition coefficient (Wildman–Crippen LogP) is 0.757. The molecule has 0 aromatic carbocycles. The van der Waals surface area contributed by atoms with Crippen molar-refractivity contribution in [3.05, 3.63) is 52.8 Å². The van der Waals surface area contributed by atoms with Crippen LogP contribution in [0.4, 0.5) is 5.82 Å². The first-order valence-electron chi connectivity index (χ1n) is 6.23. The van der Waals surface area contributed by atoms with Gasteiger partial charge in [0.05, 0.1) is 0 Å². The molecule has 0 saturated heterocycles. The summed E-state index contributed by atoms with van der Waals surface area (Å²) in [5.41, 5.74) is 0.974. The van der Waals surface area contributed by atoms with Crippen molar-refractivity contribution < 1.29 is 0 Å². The molecule has 0 radical (unpaired) electrons. The molecule has 0 unspecified atom stereocenters. The van der Waals surface area contributed by atoms with Gasteiger partial charge in [0.1, 0.15) is 0 Å². The lowest BCUT2D eigenvalue weighted by Gasteiger charge is -2.06. The van der Waals surface area contributed by atoms with E-state index >= 15 is 0 Å². The van der Waals surface area contributed by atoms with Crippen LogP contribution in [-0.4, -0.2) is 28.0 Å². The number of aromatic amines is 1. The van der Waals surface area contributed by atoms with Gasteiger partial charge in [0.25, 0.3) is 5.56 Å². The Kier molecular flexibility index (Phi) is 5.06. The van der Waals surface area contributed by atoms with Gasteiger partial charge < -0.3 is 15.6 Å².